The Balaban J connectivity index is 2.19. The second-order valence-corrected chi connectivity index (χ2v) is 3.97. The van der Waals surface area contributed by atoms with Crippen LogP contribution >= 0.6 is 34.5 Å². The third kappa shape index (κ3) is 3.59. The zero-order valence-corrected chi connectivity index (χ0v) is 8.72. The van der Waals surface area contributed by atoms with Crippen LogP contribution in [-0.2, 0) is 6.54 Å². The molecule has 1 nitrogen and oxygen atoms in total. The Morgan fingerprint density at radius 2 is 2.50 bits per heavy atom. The molecule has 1 aromatic rings. The third-order valence-corrected chi connectivity index (χ3v) is 2.79. The molecule has 0 aliphatic heterocycles. The maximum atomic E-state index is 5.68. The molecule has 0 spiro atoms. The second kappa shape index (κ2) is 5.60. The molecule has 4 heteroatoms. The number of hydrogen-bond acceptors (Lipinski definition) is 2. The highest BCUT2D eigenvalue weighted by Gasteiger charge is 1.93. The van der Waals surface area contributed by atoms with E-state index in [4.69, 9.17) is 23.2 Å². The first-order chi connectivity index (χ1) is 5.83. The van der Waals surface area contributed by atoms with Gasteiger partial charge in [0.05, 0.1) is 0 Å². The predicted molar refractivity (Wildman–Crippen MR) is 55.8 cm³/mol. The van der Waals surface area contributed by atoms with Crippen molar-refractivity contribution >= 4 is 34.5 Å². The molecule has 0 atom stereocenters. The molecule has 1 heterocycles. The summed E-state index contributed by atoms with van der Waals surface area (Å²) in [4.78, 5) is 1.30. The fraction of sp³-hybridized carbons (Fsp3) is 0.250. The van der Waals surface area contributed by atoms with Gasteiger partial charge in [-0.25, -0.2) is 0 Å². The summed E-state index contributed by atoms with van der Waals surface area (Å²) in [6.07, 6.45) is 0. The van der Waals surface area contributed by atoms with Crippen LogP contribution in [0.2, 0.25) is 0 Å². The van der Waals surface area contributed by atoms with Gasteiger partial charge in [0.15, 0.2) is 0 Å². The van der Waals surface area contributed by atoms with Crippen LogP contribution in [0.25, 0.3) is 0 Å². The van der Waals surface area contributed by atoms with Gasteiger partial charge in [0.1, 0.15) is 0 Å². The molecule has 0 amide bonds. The fourth-order valence-electron chi connectivity index (χ4n) is 0.757. The van der Waals surface area contributed by atoms with Crippen molar-refractivity contribution in [2.45, 2.75) is 6.54 Å². The minimum atomic E-state index is 0.628. The Morgan fingerprint density at radius 1 is 1.67 bits per heavy atom. The molecule has 0 fully saturated rings. The van der Waals surface area contributed by atoms with Gasteiger partial charge in [-0.2, -0.15) is 0 Å². The molecule has 1 rings (SSSR count). The van der Waals surface area contributed by atoms with Crippen molar-refractivity contribution in [1.82, 2.24) is 5.32 Å². The highest BCUT2D eigenvalue weighted by Crippen LogP contribution is 2.08. The van der Waals surface area contributed by atoms with E-state index >= 15 is 0 Å². The topological polar surface area (TPSA) is 12.0 Å². The van der Waals surface area contributed by atoms with Gasteiger partial charge in [-0.1, -0.05) is 29.3 Å². The number of nitrogens with one attached hydrogen (secondary N) is 1. The monoisotopic (exact) mass is 221 g/mol. The Bertz CT molecular complexity index is 244. The van der Waals surface area contributed by atoms with E-state index in [1.807, 2.05) is 6.07 Å². The first kappa shape index (κ1) is 10.1. The third-order valence-electron chi connectivity index (χ3n) is 1.29. The van der Waals surface area contributed by atoms with Crippen molar-refractivity contribution in [3.8, 4) is 0 Å². The first-order valence-corrected chi connectivity index (χ1v) is 5.20. The number of thiophene rings is 1. The summed E-state index contributed by atoms with van der Waals surface area (Å²) in [5.41, 5.74) is 1.38. The first-order valence-electron chi connectivity index (χ1n) is 3.51. The fourth-order valence-corrected chi connectivity index (χ4v) is 1.60. The van der Waals surface area contributed by atoms with Gasteiger partial charge >= 0.3 is 0 Å². The second-order valence-electron chi connectivity index (χ2n) is 2.24. The normalized spacial score (nSPS) is 12.0. The molecule has 0 saturated carbocycles. The molecule has 0 aliphatic rings. The average molecular weight is 222 g/mol. The standard InChI is InChI=1S/C8H9Cl2NS/c9-4-7(10)5-11-6-8-2-1-3-12-8/h1-4,11H,5-6H2. The molecular weight excluding hydrogens is 213 g/mol. The van der Waals surface area contributed by atoms with Crippen LogP contribution in [-0.4, -0.2) is 6.54 Å². The van der Waals surface area contributed by atoms with Crippen LogP contribution in [0.15, 0.2) is 28.1 Å². The lowest BCUT2D eigenvalue weighted by Gasteiger charge is -1.99. The minimum Gasteiger partial charge on any atom is -0.307 e. The molecule has 0 saturated heterocycles. The van der Waals surface area contributed by atoms with Crippen LogP contribution < -0.4 is 5.32 Å². The van der Waals surface area contributed by atoms with E-state index in [0.29, 0.717) is 11.6 Å². The van der Waals surface area contributed by atoms with Gasteiger partial charge in [-0.05, 0) is 11.4 Å². The molecule has 0 bridgehead atoms. The van der Waals surface area contributed by atoms with Crippen LogP contribution in [0.1, 0.15) is 4.88 Å². The summed E-state index contributed by atoms with van der Waals surface area (Å²) in [6, 6.07) is 4.11. The highest BCUT2D eigenvalue weighted by atomic mass is 35.5. The number of rotatable bonds is 4. The van der Waals surface area contributed by atoms with E-state index in [-0.39, 0.29) is 0 Å². The van der Waals surface area contributed by atoms with Gasteiger partial charge in [0, 0.05) is 28.5 Å². The van der Waals surface area contributed by atoms with E-state index < -0.39 is 0 Å². The molecular formula is C8H9Cl2NS. The zero-order chi connectivity index (χ0) is 8.81. The van der Waals surface area contributed by atoms with Gasteiger partial charge in [0.25, 0.3) is 0 Å². The lowest BCUT2D eigenvalue weighted by Crippen LogP contribution is -2.13. The van der Waals surface area contributed by atoms with Crippen molar-refractivity contribution in [1.29, 1.82) is 0 Å². The van der Waals surface area contributed by atoms with E-state index in [9.17, 15) is 0 Å². The van der Waals surface area contributed by atoms with E-state index in [1.165, 1.54) is 10.4 Å². The van der Waals surface area contributed by atoms with E-state index in [1.54, 1.807) is 11.3 Å². The number of halogens is 2. The molecule has 66 valence electrons. The summed E-state index contributed by atoms with van der Waals surface area (Å²) in [5, 5.41) is 5.85. The summed E-state index contributed by atoms with van der Waals surface area (Å²) < 4.78 is 0. The van der Waals surface area contributed by atoms with Gasteiger partial charge in [-0.3, -0.25) is 0 Å². The van der Waals surface area contributed by atoms with Crippen molar-refractivity contribution in [3.05, 3.63) is 33.0 Å². The Kier molecular flexibility index (Phi) is 4.69. The maximum Gasteiger partial charge on any atom is 0.0432 e. The molecule has 1 N–H and O–H groups in total. The predicted octanol–water partition coefficient (Wildman–Crippen LogP) is 3.16. The molecule has 12 heavy (non-hydrogen) atoms. The van der Waals surface area contributed by atoms with Gasteiger partial charge in [-0.15, -0.1) is 11.3 Å². The van der Waals surface area contributed by atoms with Crippen molar-refractivity contribution in [2.75, 3.05) is 6.54 Å². The number of hydrogen-bond donors (Lipinski definition) is 1. The van der Waals surface area contributed by atoms with E-state index in [2.05, 4.69) is 16.8 Å². The summed E-state index contributed by atoms with van der Waals surface area (Å²) >= 11 is 12.8. The maximum absolute atomic E-state index is 5.68. The average Bonchev–Trinajstić information content (AvgIpc) is 2.57. The lowest BCUT2D eigenvalue weighted by molar-refractivity contribution is 0.764. The SMILES string of the molecule is ClC=C(Cl)CNCc1cccs1. The zero-order valence-electron chi connectivity index (χ0n) is 6.39. The molecule has 0 unspecified atom stereocenters. The van der Waals surface area contributed by atoms with Gasteiger partial charge < -0.3 is 5.32 Å². The van der Waals surface area contributed by atoms with Crippen molar-refractivity contribution in [2.24, 2.45) is 0 Å². The summed E-state index contributed by atoms with van der Waals surface area (Å²) in [6.45, 7) is 1.47. The smallest absolute Gasteiger partial charge is 0.0432 e. The van der Waals surface area contributed by atoms with Crippen LogP contribution in [0.3, 0.4) is 0 Å². The van der Waals surface area contributed by atoms with Crippen molar-refractivity contribution in [3.63, 3.8) is 0 Å². The quantitative estimate of drug-likeness (QED) is 0.825. The van der Waals surface area contributed by atoms with E-state index in [0.717, 1.165) is 6.54 Å². The van der Waals surface area contributed by atoms with Crippen LogP contribution in [0.5, 0.6) is 0 Å². The molecule has 0 radical (unpaired) electrons. The highest BCUT2D eigenvalue weighted by molar-refractivity contribution is 7.09. The molecule has 0 aliphatic carbocycles. The minimum absolute atomic E-state index is 0.628. The Morgan fingerprint density at radius 3 is 3.08 bits per heavy atom. The van der Waals surface area contributed by atoms with Gasteiger partial charge in [0.2, 0.25) is 0 Å². The lowest BCUT2D eigenvalue weighted by atomic mass is 10.4. The largest absolute Gasteiger partial charge is 0.307 e. The van der Waals surface area contributed by atoms with Crippen LogP contribution in [0.4, 0.5) is 0 Å². The molecule has 0 aromatic carbocycles. The van der Waals surface area contributed by atoms with Crippen molar-refractivity contribution < 1.29 is 0 Å². The van der Waals surface area contributed by atoms with Crippen LogP contribution in [0, 0.1) is 0 Å². The summed E-state index contributed by atoms with van der Waals surface area (Å²) in [7, 11) is 0. The Labute approximate surface area is 86.0 Å². The summed E-state index contributed by atoms with van der Waals surface area (Å²) in [5.74, 6) is 0. The Hall–Kier alpha value is -0.0200. The molecule has 1 aromatic heterocycles.